The van der Waals surface area contributed by atoms with E-state index in [0.717, 1.165) is 11.1 Å². The molecule has 0 amide bonds. The number of rotatable bonds is 7. The van der Waals surface area contributed by atoms with Crippen LogP contribution in [0.5, 0.6) is 11.5 Å². The van der Waals surface area contributed by atoms with Crippen LogP contribution in [-0.2, 0) is 17.8 Å². The third-order valence-corrected chi connectivity index (χ3v) is 5.38. The second-order valence-electron chi connectivity index (χ2n) is 7.16. The maximum absolute atomic E-state index is 11.0. The Bertz CT molecular complexity index is 1260. The number of carboxylic acid groups (broad SMARTS) is 1. The van der Waals surface area contributed by atoms with Gasteiger partial charge in [0.25, 0.3) is 0 Å². The molecule has 0 saturated carbocycles. The van der Waals surface area contributed by atoms with Crippen LogP contribution in [0.4, 0.5) is 0 Å². The third-order valence-electron chi connectivity index (χ3n) is 4.81. The van der Waals surface area contributed by atoms with Crippen molar-refractivity contribution in [3.05, 3.63) is 75.8 Å². The Kier molecular flexibility index (Phi) is 6.23. The number of oxazole rings is 1. The molecule has 1 atom stereocenters. The molecule has 0 aliphatic rings. The van der Waals surface area contributed by atoms with Gasteiger partial charge in [0.2, 0.25) is 5.89 Å². The highest BCUT2D eigenvalue weighted by molar-refractivity contribution is 6.37. The van der Waals surface area contributed by atoms with Crippen LogP contribution >= 0.6 is 23.2 Å². The Balaban J connectivity index is 1.56. The predicted octanol–water partition coefficient (Wildman–Crippen LogP) is 5.04. The average Bonchev–Trinajstić information content (AvgIpc) is 3.18. The zero-order valence-electron chi connectivity index (χ0n) is 16.6. The summed E-state index contributed by atoms with van der Waals surface area (Å²) in [6.07, 6.45) is 0.0897. The fourth-order valence-corrected chi connectivity index (χ4v) is 3.85. The van der Waals surface area contributed by atoms with Crippen molar-refractivity contribution < 1.29 is 24.2 Å². The van der Waals surface area contributed by atoms with Crippen molar-refractivity contribution in [1.82, 2.24) is 4.98 Å². The van der Waals surface area contributed by atoms with Crippen molar-refractivity contribution >= 4 is 40.3 Å². The summed E-state index contributed by atoms with van der Waals surface area (Å²) in [5, 5.41) is 19.0. The van der Waals surface area contributed by atoms with Crippen LogP contribution in [0.25, 0.3) is 22.6 Å². The lowest BCUT2D eigenvalue weighted by Crippen LogP contribution is -2.32. The van der Waals surface area contributed by atoms with E-state index in [0.29, 0.717) is 22.6 Å². The summed E-state index contributed by atoms with van der Waals surface area (Å²) in [6.45, 7) is 0.120. The van der Waals surface area contributed by atoms with Crippen molar-refractivity contribution in [2.45, 2.75) is 19.1 Å². The Hall–Kier alpha value is -3.26. The van der Waals surface area contributed by atoms with Gasteiger partial charge < -0.3 is 25.1 Å². The van der Waals surface area contributed by atoms with Gasteiger partial charge in [-0.15, -0.1) is 0 Å². The summed E-state index contributed by atoms with van der Waals surface area (Å²) in [7, 11) is 0. The highest BCUT2D eigenvalue weighted by Gasteiger charge is 2.17. The summed E-state index contributed by atoms with van der Waals surface area (Å²) in [5.41, 5.74) is 8.86. The number of aliphatic carboxylic acids is 1. The lowest BCUT2D eigenvalue weighted by molar-refractivity contribution is -0.138. The molecule has 164 valence electrons. The van der Waals surface area contributed by atoms with Crippen LogP contribution < -0.4 is 10.5 Å². The highest BCUT2D eigenvalue weighted by atomic mass is 35.5. The van der Waals surface area contributed by atoms with E-state index in [-0.39, 0.29) is 34.6 Å². The van der Waals surface area contributed by atoms with Crippen molar-refractivity contribution in [1.29, 1.82) is 0 Å². The third kappa shape index (κ3) is 4.65. The Labute approximate surface area is 193 Å². The molecule has 9 heteroatoms. The van der Waals surface area contributed by atoms with Gasteiger partial charge in [-0.2, -0.15) is 0 Å². The van der Waals surface area contributed by atoms with Gasteiger partial charge in [0, 0.05) is 11.1 Å². The maximum Gasteiger partial charge on any atom is 0.320 e. The molecular formula is C23H18Cl2N2O5. The molecule has 0 spiro atoms. The number of phenolic OH excluding ortho intramolecular Hbond substituents is 1. The van der Waals surface area contributed by atoms with Gasteiger partial charge in [-0.1, -0.05) is 35.3 Å². The van der Waals surface area contributed by atoms with E-state index in [1.54, 1.807) is 36.4 Å². The van der Waals surface area contributed by atoms with E-state index in [1.165, 1.54) is 0 Å². The van der Waals surface area contributed by atoms with Crippen molar-refractivity contribution in [2.24, 2.45) is 5.73 Å². The first kappa shape index (κ1) is 22.0. The molecule has 0 aliphatic carbocycles. The van der Waals surface area contributed by atoms with Crippen molar-refractivity contribution in [2.75, 3.05) is 0 Å². The van der Waals surface area contributed by atoms with Crippen molar-refractivity contribution in [3.63, 3.8) is 0 Å². The molecule has 32 heavy (non-hydrogen) atoms. The van der Waals surface area contributed by atoms with Gasteiger partial charge >= 0.3 is 5.97 Å². The first-order valence-corrected chi connectivity index (χ1v) is 10.3. The smallest absolute Gasteiger partial charge is 0.320 e. The van der Waals surface area contributed by atoms with Crippen LogP contribution in [0.2, 0.25) is 10.0 Å². The molecule has 0 saturated heterocycles. The number of ether oxygens (including phenoxy) is 1. The van der Waals surface area contributed by atoms with Crippen LogP contribution in [0.3, 0.4) is 0 Å². The van der Waals surface area contributed by atoms with Crippen LogP contribution in [0.15, 0.2) is 59.0 Å². The van der Waals surface area contributed by atoms with E-state index in [4.69, 9.17) is 43.2 Å². The molecule has 4 N–H and O–H groups in total. The predicted molar refractivity (Wildman–Crippen MR) is 121 cm³/mol. The van der Waals surface area contributed by atoms with Gasteiger partial charge in [-0.25, -0.2) is 4.98 Å². The number of phenols is 1. The highest BCUT2D eigenvalue weighted by Crippen LogP contribution is 2.36. The summed E-state index contributed by atoms with van der Waals surface area (Å²) in [4.78, 5) is 15.5. The van der Waals surface area contributed by atoms with E-state index in [9.17, 15) is 9.90 Å². The van der Waals surface area contributed by atoms with Gasteiger partial charge in [0.15, 0.2) is 11.3 Å². The minimum absolute atomic E-state index is 0.0897. The number of carbonyl (C=O) groups is 1. The molecule has 0 fully saturated rings. The van der Waals surface area contributed by atoms with Crippen LogP contribution in [0, 0.1) is 0 Å². The molecule has 3 aromatic carbocycles. The minimum atomic E-state index is -1.11. The fourth-order valence-electron chi connectivity index (χ4n) is 3.21. The molecule has 1 aromatic heterocycles. The zero-order valence-corrected chi connectivity index (χ0v) is 18.1. The van der Waals surface area contributed by atoms with E-state index in [2.05, 4.69) is 4.98 Å². The van der Waals surface area contributed by atoms with E-state index in [1.807, 2.05) is 18.2 Å². The molecule has 4 aromatic rings. The number of carboxylic acids is 1. The maximum atomic E-state index is 11.0. The summed E-state index contributed by atoms with van der Waals surface area (Å²) in [6, 6.07) is 14.2. The van der Waals surface area contributed by atoms with Crippen LogP contribution in [-0.4, -0.2) is 27.2 Å². The molecule has 0 aliphatic heterocycles. The summed E-state index contributed by atoms with van der Waals surface area (Å²) < 4.78 is 11.8. The first-order chi connectivity index (χ1) is 15.3. The Morgan fingerprint density at radius 2 is 1.81 bits per heavy atom. The van der Waals surface area contributed by atoms with Gasteiger partial charge in [0.05, 0.1) is 10.0 Å². The number of para-hydroxylation sites is 1. The normalized spacial score (nSPS) is 12.1. The molecule has 1 heterocycles. The molecule has 1 unspecified atom stereocenters. The standard InChI is InChI=1S/C23H18Cl2N2O5/c24-16-8-12(10-18(26)23(29)30)9-17(25)21(16)31-11-14-2-1-3-19-20(14)32-22(27-19)13-4-6-15(28)7-5-13/h1-9,18,28H,10-11,26H2,(H,29,30). The van der Waals surface area contributed by atoms with E-state index >= 15 is 0 Å². The zero-order chi connectivity index (χ0) is 22.8. The lowest BCUT2D eigenvalue weighted by atomic mass is 10.1. The number of hydrogen-bond acceptors (Lipinski definition) is 6. The second kappa shape index (κ2) is 9.08. The monoisotopic (exact) mass is 472 g/mol. The number of aromatic hydroxyl groups is 1. The number of fused-ring (bicyclic) bond motifs is 1. The molecule has 0 bridgehead atoms. The average molecular weight is 473 g/mol. The summed E-state index contributed by atoms with van der Waals surface area (Å²) in [5.74, 6) is -0.257. The van der Waals surface area contributed by atoms with Gasteiger partial charge in [-0.05, 0) is 54.4 Å². The Morgan fingerprint density at radius 1 is 1.12 bits per heavy atom. The molecular weight excluding hydrogens is 455 g/mol. The van der Waals surface area contributed by atoms with E-state index < -0.39 is 12.0 Å². The lowest BCUT2D eigenvalue weighted by Gasteiger charge is -2.13. The number of nitrogens with zero attached hydrogens (tertiary/aromatic N) is 1. The first-order valence-electron chi connectivity index (χ1n) is 9.59. The number of hydrogen-bond donors (Lipinski definition) is 3. The van der Waals surface area contributed by atoms with Gasteiger partial charge in [0.1, 0.15) is 23.9 Å². The van der Waals surface area contributed by atoms with Gasteiger partial charge in [-0.3, -0.25) is 4.79 Å². The minimum Gasteiger partial charge on any atom is -0.508 e. The van der Waals surface area contributed by atoms with Crippen LogP contribution in [0.1, 0.15) is 11.1 Å². The quantitative estimate of drug-likeness (QED) is 0.344. The second-order valence-corrected chi connectivity index (χ2v) is 7.97. The SMILES string of the molecule is NC(Cc1cc(Cl)c(OCc2cccc3nc(-c4ccc(O)cc4)oc23)c(Cl)c1)C(=O)O. The Morgan fingerprint density at radius 3 is 2.47 bits per heavy atom. The molecule has 0 radical (unpaired) electrons. The summed E-state index contributed by atoms with van der Waals surface area (Å²) >= 11 is 12.7. The molecule has 7 nitrogen and oxygen atoms in total. The number of aromatic nitrogens is 1. The molecule has 4 rings (SSSR count). The number of nitrogens with two attached hydrogens (primary N) is 1. The largest absolute Gasteiger partial charge is 0.508 e. The number of halogens is 2. The van der Waals surface area contributed by atoms with Crippen molar-refractivity contribution in [3.8, 4) is 23.0 Å². The fraction of sp³-hybridized carbons (Fsp3) is 0.130. The topological polar surface area (TPSA) is 119 Å². The number of benzene rings is 3.